The highest BCUT2D eigenvalue weighted by Crippen LogP contribution is 2.32. The SMILES string of the molecule is C=C(C)C(=O)OCCCCCCOC1CCC(C(=O)OC2CCC(CCC)CC2)CC1. The highest BCUT2D eigenvalue weighted by molar-refractivity contribution is 5.86. The molecule has 0 aromatic heterocycles. The molecule has 2 saturated carbocycles. The molecule has 2 aliphatic carbocycles. The number of ether oxygens (including phenoxy) is 3. The van der Waals surface area contributed by atoms with E-state index in [0.29, 0.717) is 12.2 Å². The maximum absolute atomic E-state index is 12.5. The van der Waals surface area contributed by atoms with Crippen molar-refractivity contribution in [1.29, 1.82) is 0 Å². The van der Waals surface area contributed by atoms with Crippen molar-refractivity contribution in [3.05, 3.63) is 12.2 Å². The van der Waals surface area contributed by atoms with Crippen molar-refractivity contribution >= 4 is 11.9 Å². The zero-order valence-electron chi connectivity index (χ0n) is 19.9. The Morgan fingerprint density at radius 2 is 1.45 bits per heavy atom. The van der Waals surface area contributed by atoms with Crippen LogP contribution in [-0.4, -0.2) is 37.4 Å². The fourth-order valence-electron chi connectivity index (χ4n) is 4.77. The Bertz CT molecular complexity index is 542. The molecule has 0 radical (unpaired) electrons. The Labute approximate surface area is 189 Å². The average Bonchev–Trinajstić information content (AvgIpc) is 2.77. The van der Waals surface area contributed by atoms with Gasteiger partial charge in [0.1, 0.15) is 6.10 Å². The molecule has 0 amide bonds. The Kier molecular flexibility index (Phi) is 12.2. The molecular formula is C26H44O5. The molecule has 5 nitrogen and oxygen atoms in total. The second-order valence-corrected chi connectivity index (χ2v) is 9.54. The van der Waals surface area contributed by atoms with Crippen molar-refractivity contribution in [2.45, 2.75) is 116 Å². The third-order valence-electron chi connectivity index (χ3n) is 6.75. The zero-order valence-corrected chi connectivity index (χ0v) is 19.9. The summed E-state index contributed by atoms with van der Waals surface area (Å²) in [6.07, 6.45) is 15.2. The fourth-order valence-corrected chi connectivity index (χ4v) is 4.77. The minimum absolute atomic E-state index is 0.0322. The van der Waals surface area contributed by atoms with Crippen molar-refractivity contribution in [1.82, 2.24) is 0 Å². The summed E-state index contributed by atoms with van der Waals surface area (Å²) in [4.78, 5) is 23.8. The van der Waals surface area contributed by atoms with E-state index in [4.69, 9.17) is 14.2 Å². The van der Waals surface area contributed by atoms with Crippen molar-refractivity contribution < 1.29 is 23.8 Å². The number of hydrogen-bond acceptors (Lipinski definition) is 5. The molecule has 0 saturated heterocycles. The van der Waals surface area contributed by atoms with E-state index >= 15 is 0 Å². The van der Waals surface area contributed by atoms with E-state index in [9.17, 15) is 9.59 Å². The van der Waals surface area contributed by atoms with Crippen LogP contribution in [0.2, 0.25) is 0 Å². The van der Waals surface area contributed by atoms with E-state index in [-0.39, 0.29) is 30.1 Å². The maximum atomic E-state index is 12.5. The van der Waals surface area contributed by atoms with Gasteiger partial charge in [0.2, 0.25) is 0 Å². The van der Waals surface area contributed by atoms with Crippen LogP contribution in [-0.2, 0) is 23.8 Å². The highest BCUT2D eigenvalue weighted by atomic mass is 16.5. The minimum atomic E-state index is -0.304. The van der Waals surface area contributed by atoms with Crippen molar-refractivity contribution in [2.24, 2.45) is 11.8 Å². The number of rotatable bonds is 13. The van der Waals surface area contributed by atoms with E-state index in [1.165, 1.54) is 25.7 Å². The Morgan fingerprint density at radius 3 is 2.06 bits per heavy atom. The molecule has 0 spiro atoms. The van der Waals surface area contributed by atoms with Gasteiger partial charge in [0, 0.05) is 12.2 Å². The van der Waals surface area contributed by atoms with Crippen LogP contribution in [0.15, 0.2) is 12.2 Å². The van der Waals surface area contributed by atoms with Gasteiger partial charge in [-0.05, 0) is 83.5 Å². The molecule has 0 aliphatic heterocycles. The molecule has 5 heteroatoms. The summed E-state index contributed by atoms with van der Waals surface area (Å²) in [6.45, 7) is 8.72. The lowest BCUT2D eigenvalue weighted by molar-refractivity contribution is -0.158. The normalized spacial score (nSPS) is 26.3. The molecular weight excluding hydrogens is 392 g/mol. The zero-order chi connectivity index (χ0) is 22.5. The topological polar surface area (TPSA) is 61.8 Å². The van der Waals surface area contributed by atoms with Gasteiger partial charge in [-0.15, -0.1) is 0 Å². The lowest BCUT2D eigenvalue weighted by atomic mass is 9.84. The molecule has 2 aliphatic rings. The minimum Gasteiger partial charge on any atom is -0.462 e. The molecule has 2 fully saturated rings. The van der Waals surface area contributed by atoms with Crippen molar-refractivity contribution in [3.63, 3.8) is 0 Å². The van der Waals surface area contributed by atoms with Crippen LogP contribution in [0, 0.1) is 11.8 Å². The van der Waals surface area contributed by atoms with Gasteiger partial charge < -0.3 is 14.2 Å². The number of carbonyl (C=O) groups excluding carboxylic acids is 2. The predicted octanol–water partition coefficient (Wildman–Crippen LogP) is 6.14. The first-order valence-corrected chi connectivity index (χ1v) is 12.6. The van der Waals surface area contributed by atoms with Gasteiger partial charge in [0.05, 0.1) is 18.6 Å². The monoisotopic (exact) mass is 436 g/mol. The van der Waals surface area contributed by atoms with Gasteiger partial charge in [0.15, 0.2) is 0 Å². The van der Waals surface area contributed by atoms with Gasteiger partial charge in [-0.3, -0.25) is 4.79 Å². The summed E-state index contributed by atoms with van der Waals surface area (Å²) in [7, 11) is 0. The lowest BCUT2D eigenvalue weighted by Gasteiger charge is -2.31. The predicted molar refractivity (Wildman–Crippen MR) is 123 cm³/mol. The number of carbonyl (C=O) groups is 2. The average molecular weight is 437 g/mol. The fraction of sp³-hybridized carbons (Fsp3) is 0.846. The molecule has 0 N–H and O–H groups in total. The van der Waals surface area contributed by atoms with E-state index in [1.54, 1.807) is 6.92 Å². The highest BCUT2D eigenvalue weighted by Gasteiger charge is 2.30. The van der Waals surface area contributed by atoms with Gasteiger partial charge in [-0.1, -0.05) is 32.8 Å². The molecule has 31 heavy (non-hydrogen) atoms. The van der Waals surface area contributed by atoms with Crippen LogP contribution >= 0.6 is 0 Å². The van der Waals surface area contributed by atoms with E-state index in [1.807, 2.05) is 0 Å². The first kappa shape index (κ1) is 25.9. The smallest absolute Gasteiger partial charge is 0.333 e. The van der Waals surface area contributed by atoms with E-state index in [0.717, 1.165) is 76.7 Å². The summed E-state index contributed by atoms with van der Waals surface area (Å²) in [6, 6.07) is 0. The first-order chi connectivity index (χ1) is 15.0. The maximum Gasteiger partial charge on any atom is 0.333 e. The van der Waals surface area contributed by atoms with Crippen LogP contribution in [0.3, 0.4) is 0 Å². The molecule has 0 heterocycles. The molecule has 0 bridgehead atoms. The van der Waals surface area contributed by atoms with Crippen LogP contribution in [0.5, 0.6) is 0 Å². The van der Waals surface area contributed by atoms with Gasteiger partial charge >= 0.3 is 11.9 Å². The largest absolute Gasteiger partial charge is 0.462 e. The lowest BCUT2D eigenvalue weighted by Crippen LogP contribution is -2.31. The summed E-state index contributed by atoms with van der Waals surface area (Å²) in [5.74, 6) is 0.633. The number of unbranched alkanes of at least 4 members (excludes halogenated alkanes) is 3. The summed E-state index contributed by atoms with van der Waals surface area (Å²) >= 11 is 0. The standard InChI is InChI=1S/C26H44O5/c1-4-9-21-10-14-24(15-11-21)31-26(28)22-12-16-23(17-13-22)29-18-7-5-6-8-19-30-25(27)20(2)3/h21-24H,2,4-19H2,1,3H3. The van der Waals surface area contributed by atoms with Crippen LogP contribution in [0.4, 0.5) is 0 Å². The Hall–Kier alpha value is -1.36. The molecule has 2 rings (SSSR count). The third kappa shape index (κ3) is 10.2. The van der Waals surface area contributed by atoms with Crippen molar-refractivity contribution in [3.8, 4) is 0 Å². The molecule has 178 valence electrons. The van der Waals surface area contributed by atoms with Crippen LogP contribution < -0.4 is 0 Å². The summed E-state index contributed by atoms with van der Waals surface area (Å²) < 4.78 is 17.0. The van der Waals surface area contributed by atoms with E-state index in [2.05, 4.69) is 13.5 Å². The summed E-state index contributed by atoms with van der Waals surface area (Å²) in [5.41, 5.74) is 0.450. The molecule has 0 atom stereocenters. The van der Waals surface area contributed by atoms with Gasteiger partial charge in [-0.25, -0.2) is 4.79 Å². The Morgan fingerprint density at radius 1 is 0.839 bits per heavy atom. The molecule has 0 aromatic rings. The van der Waals surface area contributed by atoms with Gasteiger partial charge in [-0.2, -0.15) is 0 Å². The third-order valence-corrected chi connectivity index (χ3v) is 6.75. The molecule has 0 aromatic carbocycles. The summed E-state index contributed by atoms with van der Waals surface area (Å²) in [5, 5.41) is 0. The van der Waals surface area contributed by atoms with Gasteiger partial charge in [0.25, 0.3) is 0 Å². The number of hydrogen-bond donors (Lipinski definition) is 0. The molecule has 0 unspecified atom stereocenters. The second kappa shape index (κ2) is 14.7. The Balaban J connectivity index is 1.46. The quantitative estimate of drug-likeness (QED) is 0.197. The van der Waals surface area contributed by atoms with Crippen LogP contribution in [0.1, 0.15) is 104 Å². The second-order valence-electron chi connectivity index (χ2n) is 9.54. The van der Waals surface area contributed by atoms with E-state index < -0.39 is 0 Å². The number of esters is 2. The first-order valence-electron chi connectivity index (χ1n) is 12.6. The van der Waals surface area contributed by atoms with Crippen LogP contribution in [0.25, 0.3) is 0 Å². The van der Waals surface area contributed by atoms with Crippen molar-refractivity contribution in [2.75, 3.05) is 13.2 Å².